The van der Waals surface area contributed by atoms with Gasteiger partial charge in [-0.05, 0) is 18.6 Å². The van der Waals surface area contributed by atoms with E-state index in [1.54, 1.807) is 6.07 Å². The number of carbonyl (C=O) groups is 2. The molecular formula is C15H15FN2O3. The van der Waals surface area contributed by atoms with Gasteiger partial charge < -0.3 is 9.84 Å². The van der Waals surface area contributed by atoms with Crippen LogP contribution in [-0.2, 0) is 12.8 Å². The number of hydrogen-bond donors (Lipinski definition) is 1. The molecule has 0 bridgehead atoms. The molecule has 0 saturated heterocycles. The van der Waals surface area contributed by atoms with Crippen LogP contribution in [0.2, 0.25) is 0 Å². The molecule has 0 unspecified atom stereocenters. The fourth-order valence-corrected chi connectivity index (χ4v) is 2.04. The summed E-state index contributed by atoms with van der Waals surface area (Å²) in [4.78, 5) is 24.0. The van der Waals surface area contributed by atoms with Crippen molar-refractivity contribution in [3.8, 4) is 0 Å². The maximum absolute atomic E-state index is 13.6. The van der Waals surface area contributed by atoms with Gasteiger partial charge in [-0.2, -0.15) is 0 Å². The second-order valence-electron chi connectivity index (χ2n) is 4.44. The Labute approximate surface area is 121 Å². The molecule has 1 amide bonds. The summed E-state index contributed by atoms with van der Waals surface area (Å²) in [6.07, 6.45) is 0.289. The third kappa shape index (κ3) is 2.99. The quantitative estimate of drug-likeness (QED) is 0.856. The number of ketones is 1. The highest BCUT2D eigenvalue weighted by molar-refractivity contribution is 6.01. The van der Waals surface area contributed by atoms with Gasteiger partial charge >= 0.3 is 0 Å². The van der Waals surface area contributed by atoms with E-state index >= 15 is 0 Å². The van der Waals surface area contributed by atoms with Gasteiger partial charge in [0.05, 0.1) is 17.7 Å². The molecule has 6 heteroatoms. The van der Waals surface area contributed by atoms with Crippen molar-refractivity contribution >= 4 is 11.7 Å². The zero-order valence-electron chi connectivity index (χ0n) is 11.8. The van der Waals surface area contributed by atoms with Crippen molar-refractivity contribution in [2.24, 2.45) is 0 Å². The van der Waals surface area contributed by atoms with Crippen LogP contribution in [0.5, 0.6) is 0 Å². The van der Waals surface area contributed by atoms with E-state index in [-0.39, 0.29) is 29.2 Å². The Bertz CT molecular complexity index is 679. The number of aryl methyl sites for hydroxylation is 1. The summed E-state index contributed by atoms with van der Waals surface area (Å²) >= 11 is 0. The summed E-state index contributed by atoms with van der Waals surface area (Å²) in [5.41, 5.74) is 0.699. The maximum atomic E-state index is 13.6. The molecular weight excluding hydrogens is 275 g/mol. The summed E-state index contributed by atoms with van der Waals surface area (Å²) in [7, 11) is 1.48. The van der Waals surface area contributed by atoms with Gasteiger partial charge in [-0.25, -0.2) is 4.39 Å². The molecule has 1 N–H and O–H groups in total. The van der Waals surface area contributed by atoms with E-state index in [2.05, 4.69) is 10.5 Å². The number of Topliss-reactive ketones (excluding diaryl/α,β-unsaturated/α-hetero) is 1. The van der Waals surface area contributed by atoms with Crippen LogP contribution in [-0.4, -0.2) is 23.9 Å². The molecule has 2 aromatic rings. The van der Waals surface area contributed by atoms with Crippen molar-refractivity contribution in [1.29, 1.82) is 0 Å². The third-order valence-corrected chi connectivity index (χ3v) is 3.12. The SMILES string of the molecule is CCc1noc(CC(=O)c2ccccc2F)c1C(=O)NC. The van der Waals surface area contributed by atoms with E-state index in [1.165, 1.54) is 25.2 Å². The standard InChI is InChI=1S/C15H15FN2O3/c1-3-11-14(15(20)17-2)13(21-18-11)8-12(19)9-6-4-5-7-10(9)16/h4-7H,3,8H2,1-2H3,(H,17,20). The molecule has 1 heterocycles. The maximum Gasteiger partial charge on any atom is 0.256 e. The first-order valence-corrected chi connectivity index (χ1v) is 6.55. The Balaban J connectivity index is 2.32. The lowest BCUT2D eigenvalue weighted by molar-refractivity contribution is 0.0959. The van der Waals surface area contributed by atoms with Gasteiger partial charge in [0, 0.05) is 7.05 Å². The van der Waals surface area contributed by atoms with E-state index in [1.807, 2.05) is 6.92 Å². The number of nitrogens with one attached hydrogen (secondary N) is 1. The first-order valence-electron chi connectivity index (χ1n) is 6.55. The highest BCUT2D eigenvalue weighted by Crippen LogP contribution is 2.18. The highest BCUT2D eigenvalue weighted by Gasteiger charge is 2.24. The third-order valence-electron chi connectivity index (χ3n) is 3.12. The number of carbonyl (C=O) groups excluding carboxylic acids is 2. The van der Waals surface area contributed by atoms with Crippen molar-refractivity contribution < 1.29 is 18.5 Å². The fourth-order valence-electron chi connectivity index (χ4n) is 2.04. The van der Waals surface area contributed by atoms with E-state index < -0.39 is 11.6 Å². The number of aromatic nitrogens is 1. The molecule has 0 atom stereocenters. The smallest absolute Gasteiger partial charge is 0.256 e. The first kappa shape index (κ1) is 14.9. The number of benzene rings is 1. The van der Waals surface area contributed by atoms with Gasteiger partial charge in [0.25, 0.3) is 5.91 Å². The van der Waals surface area contributed by atoms with Crippen LogP contribution in [0, 0.1) is 5.82 Å². The van der Waals surface area contributed by atoms with Crippen LogP contribution in [0.25, 0.3) is 0 Å². The fraction of sp³-hybridized carbons (Fsp3) is 0.267. The minimum absolute atomic E-state index is 0.0326. The molecule has 110 valence electrons. The average Bonchev–Trinajstić information content (AvgIpc) is 2.89. The molecule has 0 aliphatic heterocycles. The van der Waals surface area contributed by atoms with Crippen LogP contribution < -0.4 is 5.32 Å². The summed E-state index contributed by atoms with van der Waals surface area (Å²) in [5.74, 6) is -1.28. The minimum Gasteiger partial charge on any atom is -0.360 e. The number of hydrogen-bond acceptors (Lipinski definition) is 4. The molecule has 5 nitrogen and oxygen atoms in total. The van der Waals surface area contributed by atoms with E-state index in [0.29, 0.717) is 12.1 Å². The predicted octanol–water partition coefficient (Wildman–Crippen LogP) is 2.16. The molecule has 0 spiro atoms. The lowest BCUT2D eigenvalue weighted by Gasteiger charge is -2.03. The van der Waals surface area contributed by atoms with Crippen molar-refractivity contribution in [3.05, 3.63) is 52.7 Å². The van der Waals surface area contributed by atoms with Crippen LogP contribution in [0.1, 0.15) is 39.1 Å². The molecule has 0 fully saturated rings. The monoisotopic (exact) mass is 290 g/mol. The highest BCUT2D eigenvalue weighted by atomic mass is 19.1. The Morgan fingerprint density at radius 3 is 2.67 bits per heavy atom. The molecule has 0 radical (unpaired) electrons. The van der Waals surface area contributed by atoms with Gasteiger partial charge in [0.15, 0.2) is 11.5 Å². The summed E-state index contributed by atoms with van der Waals surface area (Å²) < 4.78 is 18.7. The zero-order valence-corrected chi connectivity index (χ0v) is 11.8. The largest absolute Gasteiger partial charge is 0.360 e. The summed E-state index contributed by atoms with van der Waals surface area (Å²) in [6.45, 7) is 1.83. The molecule has 1 aromatic heterocycles. The van der Waals surface area contributed by atoms with Gasteiger partial charge in [-0.15, -0.1) is 0 Å². The summed E-state index contributed by atoms with van der Waals surface area (Å²) in [5, 5.41) is 6.27. The van der Waals surface area contributed by atoms with Gasteiger partial charge in [-0.3, -0.25) is 9.59 Å². The molecule has 0 saturated carbocycles. The van der Waals surface area contributed by atoms with E-state index in [9.17, 15) is 14.0 Å². The number of rotatable bonds is 5. The van der Waals surface area contributed by atoms with E-state index in [4.69, 9.17) is 4.52 Å². The number of halogens is 1. The lowest BCUT2D eigenvalue weighted by Crippen LogP contribution is -2.21. The number of amides is 1. The topological polar surface area (TPSA) is 72.2 Å². The molecule has 0 aliphatic rings. The molecule has 1 aromatic carbocycles. The number of nitrogens with zero attached hydrogens (tertiary/aromatic N) is 1. The Hall–Kier alpha value is -2.50. The van der Waals surface area contributed by atoms with E-state index in [0.717, 1.165) is 0 Å². The van der Waals surface area contributed by atoms with Crippen molar-refractivity contribution in [3.63, 3.8) is 0 Å². The Morgan fingerprint density at radius 2 is 2.05 bits per heavy atom. The van der Waals surface area contributed by atoms with Crippen molar-refractivity contribution in [2.75, 3.05) is 7.05 Å². The van der Waals surface area contributed by atoms with Crippen molar-refractivity contribution in [1.82, 2.24) is 10.5 Å². The zero-order chi connectivity index (χ0) is 15.4. The van der Waals surface area contributed by atoms with Gasteiger partial charge in [-0.1, -0.05) is 24.2 Å². The first-order chi connectivity index (χ1) is 10.1. The van der Waals surface area contributed by atoms with Gasteiger partial charge in [0.1, 0.15) is 11.4 Å². The second-order valence-corrected chi connectivity index (χ2v) is 4.44. The predicted molar refractivity (Wildman–Crippen MR) is 73.7 cm³/mol. The van der Waals surface area contributed by atoms with Gasteiger partial charge in [0.2, 0.25) is 0 Å². The average molecular weight is 290 g/mol. The molecule has 0 aliphatic carbocycles. The van der Waals surface area contributed by atoms with Crippen LogP contribution in [0.15, 0.2) is 28.8 Å². The van der Waals surface area contributed by atoms with Crippen LogP contribution in [0.4, 0.5) is 4.39 Å². The molecule has 21 heavy (non-hydrogen) atoms. The van der Waals surface area contributed by atoms with Crippen LogP contribution >= 0.6 is 0 Å². The lowest BCUT2D eigenvalue weighted by atomic mass is 10.0. The van der Waals surface area contributed by atoms with Crippen molar-refractivity contribution in [2.45, 2.75) is 19.8 Å². The minimum atomic E-state index is -0.598. The summed E-state index contributed by atoms with van der Waals surface area (Å²) in [6, 6.07) is 5.69. The van der Waals surface area contributed by atoms with Crippen LogP contribution in [0.3, 0.4) is 0 Å². The Kier molecular flexibility index (Phi) is 4.47. The Morgan fingerprint density at radius 1 is 1.33 bits per heavy atom. The molecule has 2 rings (SSSR count). The normalized spacial score (nSPS) is 10.4. The second kappa shape index (κ2) is 6.30.